The molecule has 5 heteroatoms. The number of nitrogens with one attached hydrogen (secondary N) is 2. The van der Waals surface area contributed by atoms with Crippen LogP contribution >= 0.6 is 24.0 Å². The second-order valence-corrected chi connectivity index (χ2v) is 8.76. The third kappa shape index (κ3) is 4.66. The Bertz CT molecular complexity index is 674. The fraction of sp³-hybridized carbons (Fsp3) is 0.696. The van der Waals surface area contributed by atoms with Crippen LogP contribution in [0.1, 0.15) is 56.1 Å². The van der Waals surface area contributed by atoms with E-state index in [4.69, 9.17) is 9.73 Å². The second-order valence-electron chi connectivity index (χ2n) is 8.76. The first kappa shape index (κ1) is 21.9. The lowest BCUT2D eigenvalue weighted by Gasteiger charge is -2.40. The van der Waals surface area contributed by atoms with Crippen molar-refractivity contribution >= 4 is 29.9 Å². The van der Waals surface area contributed by atoms with Gasteiger partial charge >= 0.3 is 0 Å². The highest BCUT2D eigenvalue weighted by molar-refractivity contribution is 14.0. The highest BCUT2D eigenvalue weighted by Crippen LogP contribution is 2.59. The van der Waals surface area contributed by atoms with Gasteiger partial charge < -0.3 is 15.4 Å². The lowest BCUT2D eigenvalue weighted by molar-refractivity contribution is 0.0778. The molecule has 4 rings (SSSR count). The van der Waals surface area contributed by atoms with Crippen molar-refractivity contribution in [2.75, 3.05) is 33.4 Å². The Morgan fingerprint density at radius 3 is 2.79 bits per heavy atom. The molecule has 1 aromatic carbocycles. The molecule has 0 bridgehead atoms. The number of hydrogen-bond donors (Lipinski definition) is 2. The van der Waals surface area contributed by atoms with Crippen LogP contribution in [0, 0.1) is 17.3 Å². The molecular formula is C23H36IN3O. The lowest BCUT2D eigenvalue weighted by Crippen LogP contribution is -2.41. The van der Waals surface area contributed by atoms with Gasteiger partial charge in [-0.3, -0.25) is 4.99 Å². The van der Waals surface area contributed by atoms with Gasteiger partial charge in [0.1, 0.15) is 0 Å². The largest absolute Gasteiger partial charge is 0.385 e. The summed E-state index contributed by atoms with van der Waals surface area (Å²) in [6, 6.07) is 9.05. The Kier molecular flexibility index (Phi) is 7.65. The van der Waals surface area contributed by atoms with Crippen molar-refractivity contribution in [3.8, 4) is 0 Å². The summed E-state index contributed by atoms with van der Waals surface area (Å²) in [6.07, 6.45) is 7.67. The van der Waals surface area contributed by atoms with Gasteiger partial charge in [-0.1, -0.05) is 30.7 Å². The standard InChI is InChI=1S/C23H35N3O.HI/c1-3-24-22(26-16-23(11-6-12-23)13-14-27-2)25-15-20-19-10-9-17-7-4-5-8-18(17)21(19)20;/h4-5,7-8,19-21H,3,6,9-16H2,1-2H3,(H2,24,25,26);1H. The molecule has 1 aromatic rings. The molecule has 3 aliphatic rings. The van der Waals surface area contributed by atoms with Gasteiger partial charge in [-0.25, -0.2) is 0 Å². The van der Waals surface area contributed by atoms with Crippen molar-refractivity contribution < 1.29 is 4.74 Å². The van der Waals surface area contributed by atoms with E-state index in [1.165, 1.54) is 32.1 Å². The fourth-order valence-corrected chi connectivity index (χ4v) is 5.27. The number of ether oxygens (including phenoxy) is 1. The number of fused-ring (bicyclic) bond motifs is 3. The van der Waals surface area contributed by atoms with Crippen LogP contribution in [0.5, 0.6) is 0 Å². The lowest BCUT2D eigenvalue weighted by atomic mass is 9.67. The average Bonchev–Trinajstić information content (AvgIpc) is 3.38. The predicted molar refractivity (Wildman–Crippen MR) is 127 cm³/mol. The van der Waals surface area contributed by atoms with Crippen LogP contribution in [0.25, 0.3) is 0 Å². The molecule has 0 amide bonds. The molecule has 2 saturated carbocycles. The van der Waals surface area contributed by atoms with E-state index in [9.17, 15) is 0 Å². The first-order chi connectivity index (χ1) is 13.3. The molecule has 3 unspecified atom stereocenters. The van der Waals surface area contributed by atoms with Crippen molar-refractivity contribution in [2.45, 2.75) is 51.4 Å². The Morgan fingerprint density at radius 1 is 1.25 bits per heavy atom. The monoisotopic (exact) mass is 497 g/mol. The molecular weight excluding hydrogens is 461 g/mol. The van der Waals surface area contributed by atoms with Gasteiger partial charge in [0, 0.05) is 33.4 Å². The number of nitrogens with zero attached hydrogens (tertiary/aromatic N) is 1. The normalized spacial score (nSPS) is 26.9. The SMILES string of the molecule is CCNC(=NCC1(CCOC)CCC1)NCC1C2CCc3ccccc3C21.I. The topological polar surface area (TPSA) is 45.7 Å². The number of methoxy groups -OCH3 is 1. The Balaban J connectivity index is 0.00000225. The predicted octanol–water partition coefficient (Wildman–Crippen LogP) is 4.34. The minimum atomic E-state index is 0. The number of aryl methyl sites for hydroxylation is 1. The quantitative estimate of drug-likeness (QED) is 0.319. The maximum atomic E-state index is 5.32. The van der Waals surface area contributed by atoms with E-state index in [0.717, 1.165) is 56.4 Å². The van der Waals surface area contributed by atoms with Crippen LogP contribution < -0.4 is 10.6 Å². The zero-order chi connectivity index (χ0) is 18.7. The average molecular weight is 497 g/mol. The second kappa shape index (κ2) is 9.79. The third-order valence-electron chi connectivity index (χ3n) is 7.17. The summed E-state index contributed by atoms with van der Waals surface area (Å²) in [5, 5.41) is 7.11. The number of benzene rings is 1. The molecule has 0 heterocycles. The van der Waals surface area contributed by atoms with E-state index in [-0.39, 0.29) is 24.0 Å². The molecule has 2 fully saturated rings. The van der Waals surface area contributed by atoms with Gasteiger partial charge in [0.2, 0.25) is 0 Å². The molecule has 28 heavy (non-hydrogen) atoms. The van der Waals surface area contributed by atoms with E-state index >= 15 is 0 Å². The fourth-order valence-electron chi connectivity index (χ4n) is 5.27. The molecule has 0 aliphatic heterocycles. The summed E-state index contributed by atoms with van der Waals surface area (Å²) in [5.74, 6) is 3.40. The van der Waals surface area contributed by atoms with Gasteiger partial charge in [-0.15, -0.1) is 24.0 Å². The maximum Gasteiger partial charge on any atom is 0.191 e. The van der Waals surface area contributed by atoms with Gasteiger partial charge in [0.25, 0.3) is 0 Å². The molecule has 3 aliphatic carbocycles. The zero-order valence-electron chi connectivity index (χ0n) is 17.4. The number of hydrogen-bond acceptors (Lipinski definition) is 2. The first-order valence-corrected chi connectivity index (χ1v) is 10.9. The smallest absolute Gasteiger partial charge is 0.191 e. The molecule has 156 valence electrons. The summed E-state index contributed by atoms with van der Waals surface area (Å²) in [4.78, 5) is 4.96. The Labute approximate surface area is 187 Å². The number of halogens is 1. The molecule has 0 spiro atoms. The Hall–Kier alpha value is -0.820. The highest BCUT2D eigenvalue weighted by atomic mass is 127. The molecule has 0 aromatic heterocycles. The zero-order valence-corrected chi connectivity index (χ0v) is 19.7. The van der Waals surface area contributed by atoms with E-state index in [0.29, 0.717) is 5.41 Å². The van der Waals surface area contributed by atoms with E-state index in [1.54, 1.807) is 18.2 Å². The minimum Gasteiger partial charge on any atom is -0.385 e. The molecule has 2 N–H and O–H groups in total. The van der Waals surface area contributed by atoms with Crippen LogP contribution in [0.4, 0.5) is 0 Å². The van der Waals surface area contributed by atoms with Crippen LogP contribution in [-0.2, 0) is 11.2 Å². The number of aliphatic imine (C=N–C) groups is 1. The first-order valence-electron chi connectivity index (χ1n) is 10.9. The van der Waals surface area contributed by atoms with Crippen molar-refractivity contribution in [3.63, 3.8) is 0 Å². The van der Waals surface area contributed by atoms with Crippen molar-refractivity contribution in [1.29, 1.82) is 0 Å². The van der Waals surface area contributed by atoms with Crippen molar-refractivity contribution in [3.05, 3.63) is 35.4 Å². The van der Waals surface area contributed by atoms with Crippen LogP contribution in [0.3, 0.4) is 0 Å². The van der Waals surface area contributed by atoms with Gasteiger partial charge in [-0.2, -0.15) is 0 Å². The van der Waals surface area contributed by atoms with E-state index < -0.39 is 0 Å². The molecule has 4 nitrogen and oxygen atoms in total. The van der Waals surface area contributed by atoms with Crippen molar-refractivity contribution in [2.24, 2.45) is 22.2 Å². The van der Waals surface area contributed by atoms with Crippen LogP contribution in [-0.4, -0.2) is 39.3 Å². The third-order valence-corrected chi connectivity index (χ3v) is 7.17. The van der Waals surface area contributed by atoms with Gasteiger partial charge in [0.15, 0.2) is 5.96 Å². The van der Waals surface area contributed by atoms with Crippen molar-refractivity contribution in [1.82, 2.24) is 10.6 Å². The minimum absolute atomic E-state index is 0. The molecule has 0 radical (unpaired) electrons. The van der Waals surface area contributed by atoms with E-state index in [1.807, 2.05) is 0 Å². The number of guanidine groups is 1. The summed E-state index contributed by atoms with van der Waals surface area (Å²) in [7, 11) is 1.80. The van der Waals surface area contributed by atoms with Gasteiger partial charge in [0.05, 0.1) is 0 Å². The summed E-state index contributed by atoms with van der Waals surface area (Å²) in [5.41, 5.74) is 3.56. The Morgan fingerprint density at radius 2 is 2.07 bits per heavy atom. The summed E-state index contributed by atoms with van der Waals surface area (Å²) in [6.45, 7) is 5.88. The van der Waals surface area contributed by atoms with Crippen LogP contribution in [0.2, 0.25) is 0 Å². The summed E-state index contributed by atoms with van der Waals surface area (Å²) < 4.78 is 5.32. The van der Waals surface area contributed by atoms with Gasteiger partial charge in [-0.05, 0) is 73.3 Å². The summed E-state index contributed by atoms with van der Waals surface area (Å²) >= 11 is 0. The van der Waals surface area contributed by atoms with Crippen LogP contribution in [0.15, 0.2) is 29.3 Å². The highest BCUT2D eigenvalue weighted by Gasteiger charge is 2.52. The van der Waals surface area contributed by atoms with E-state index in [2.05, 4.69) is 41.8 Å². The molecule has 3 atom stereocenters. The number of rotatable bonds is 8. The molecule has 0 saturated heterocycles. The maximum absolute atomic E-state index is 5.32.